The van der Waals surface area contributed by atoms with Gasteiger partial charge in [0.25, 0.3) is 0 Å². The molecule has 0 spiro atoms. The third kappa shape index (κ3) is 3.49. The minimum atomic E-state index is -0.958. The van der Waals surface area contributed by atoms with E-state index in [0.29, 0.717) is 19.1 Å². The van der Waals surface area contributed by atoms with E-state index >= 15 is 0 Å². The molecule has 2 aliphatic rings. The van der Waals surface area contributed by atoms with Crippen LogP contribution in [0.2, 0.25) is 0 Å². The summed E-state index contributed by atoms with van der Waals surface area (Å²) in [5, 5.41) is 2.55. The van der Waals surface area contributed by atoms with Crippen molar-refractivity contribution in [1.29, 1.82) is 0 Å². The number of hydrogen-bond donors (Lipinski definition) is 1. The summed E-state index contributed by atoms with van der Waals surface area (Å²) in [6, 6.07) is 3.72. The summed E-state index contributed by atoms with van der Waals surface area (Å²) in [6.45, 7) is 0.915. The van der Waals surface area contributed by atoms with Crippen LogP contribution in [0.1, 0.15) is 31.2 Å². The van der Waals surface area contributed by atoms with Gasteiger partial charge in [-0.05, 0) is 18.9 Å². The Bertz CT molecular complexity index is 632. The van der Waals surface area contributed by atoms with E-state index in [0.717, 1.165) is 31.7 Å². The first-order valence-electron chi connectivity index (χ1n) is 8.31. The third-order valence-corrected chi connectivity index (χ3v) is 4.77. The molecule has 0 aromatic heterocycles. The second kappa shape index (κ2) is 7.15. The van der Waals surface area contributed by atoms with Gasteiger partial charge in [0.1, 0.15) is 6.54 Å². The van der Waals surface area contributed by atoms with Crippen molar-refractivity contribution in [3.8, 4) is 0 Å². The fourth-order valence-electron chi connectivity index (χ4n) is 3.43. The minimum absolute atomic E-state index is 0.0357. The molecule has 130 valence electrons. The largest absolute Gasteiger partial charge is 0.336 e. The van der Waals surface area contributed by atoms with Crippen LogP contribution < -0.4 is 5.32 Å². The lowest BCUT2D eigenvalue weighted by Gasteiger charge is -2.37. The van der Waals surface area contributed by atoms with Gasteiger partial charge in [0.15, 0.2) is 11.6 Å². The Kier molecular flexibility index (Phi) is 4.97. The number of rotatable bonds is 3. The Hall–Kier alpha value is -2.18. The summed E-state index contributed by atoms with van der Waals surface area (Å²) in [7, 11) is 0. The molecule has 3 rings (SSSR count). The van der Waals surface area contributed by atoms with Crippen molar-refractivity contribution >= 4 is 11.9 Å². The highest BCUT2D eigenvalue weighted by molar-refractivity contribution is 5.85. The summed E-state index contributed by atoms with van der Waals surface area (Å²) < 4.78 is 26.7. The first kappa shape index (κ1) is 16.7. The number of nitrogens with zero attached hydrogens (tertiary/aromatic N) is 2. The number of carbonyl (C=O) groups excluding carboxylic acids is 2. The maximum Gasteiger partial charge on any atom is 0.318 e. The second-order valence-electron chi connectivity index (χ2n) is 6.32. The molecule has 1 aliphatic carbocycles. The molecule has 24 heavy (non-hydrogen) atoms. The van der Waals surface area contributed by atoms with Crippen LogP contribution in [0, 0.1) is 11.6 Å². The predicted molar refractivity (Wildman–Crippen MR) is 84.1 cm³/mol. The number of hydrogen-bond acceptors (Lipinski definition) is 2. The molecule has 1 aromatic carbocycles. The molecule has 1 aromatic rings. The van der Waals surface area contributed by atoms with Gasteiger partial charge in [-0.3, -0.25) is 4.79 Å². The molecule has 1 N–H and O–H groups in total. The Labute approximate surface area is 139 Å². The highest BCUT2D eigenvalue weighted by atomic mass is 19.2. The zero-order valence-electron chi connectivity index (χ0n) is 13.4. The van der Waals surface area contributed by atoms with Gasteiger partial charge in [-0.15, -0.1) is 0 Å². The van der Waals surface area contributed by atoms with Gasteiger partial charge in [-0.1, -0.05) is 25.0 Å². The van der Waals surface area contributed by atoms with Crippen molar-refractivity contribution in [3.05, 3.63) is 35.4 Å². The third-order valence-electron chi connectivity index (χ3n) is 4.77. The van der Waals surface area contributed by atoms with E-state index in [2.05, 4.69) is 5.32 Å². The van der Waals surface area contributed by atoms with Crippen LogP contribution in [-0.4, -0.2) is 47.4 Å². The molecule has 1 saturated carbocycles. The number of benzene rings is 1. The molecule has 0 bridgehead atoms. The Morgan fingerprint density at radius 3 is 2.67 bits per heavy atom. The van der Waals surface area contributed by atoms with E-state index in [9.17, 15) is 18.4 Å². The first-order chi connectivity index (χ1) is 11.6. The quantitative estimate of drug-likeness (QED) is 0.920. The van der Waals surface area contributed by atoms with Crippen LogP contribution in [0.25, 0.3) is 0 Å². The zero-order valence-corrected chi connectivity index (χ0v) is 13.4. The average molecular weight is 337 g/mol. The van der Waals surface area contributed by atoms with Crippen LogP contribution >= 0.6 is 0 Å². The fourth-order valence-corrected chi connectivity index (χ4v) is 3.43. The van der Waals surface area contributed by atoms with Crippen molar-refractivity contribution < 1.29 is 18.4 Å². The summed E-state index contributed by atoms with van der Waals surface area (Å²) in [5.41, 5.74) is 0.0827. The maximum absolute atomic E-state index is 13.6. The number of urea groups is 1. The van der Waals surface area contributed by atoms with Gasteiger partial charge in [0, 0.05) is 31.2 Å². The van der Waals surface area contributed by atoms with Crippen molar-refractivity contribution in [1.82, 2.24) is 15.1 Å². The van der Waals surface area contributed by atoms with E-state index < -0.39 is 17.7 Å². The monoisotopic (exact) mass is 337 g/mol. The number of nitrogens with one attached hydrogen (secondary N) is 1. The number of piperazine rings is 1. The normalized spacial score (nSPS) is 19.0. The van der Waals surface area contributed by atoms with Crippen molar-refractivity contribution in [3.63, 3.8) is 0 Å². The number of amides is 3. The smallest absolute Gasteiger partial charge is 0.318 e. The minimum Gasteiger partial charge on any atom is -0.336 e. The lowest BCUT2D eigenvalue weighted by molar-refractivity contribution is -0.137. The molecular weight excluding hydrogens is 316 g/mol. The average Bonchev–Trinajstić information content (AvgIpc) is 3.10. The Morgan fingerprint density at radius 2 is 1.96 bits per heavy atom. The Balaban J connectivity index is 1.53. The molecule has 0 unspecified atom stereocenters. The highest BCUT2D eigenvalue weighted by Gasteiger charge is 2.32. The molecular formula is C17H21F2N3O2. The summed E-state index contributed by atoms with van der Waals surface area (Å²) in [5.74, 6) is -1.94. The standard InChI is InChI=1S/C17H21F2N3O2/c18-14-7-3-4-12(16(14)19)10-20-17(24)21-8-9-22(15(23)11-21)13-5-1-2-6-13/h3-4,7,13H,1-2,5-6,8-11H2,(H,20,24). The fraction of sp³-hybridized carbons (Fsp3) is 0.529. The molecule has 1 heterocycles. The maximum atomic E-state index is 13.6. The molecule has 3 amide bonds. The van der Waals surface area contributed by atoms with E-state index in [1.807, 2.05) is 4.90 Å². The van der Waals surface area contributed by atoms with Crippen molar-refractivity contribution in [2.24, 2.45) is 0 Å². The highest BCUT2D eigenvalue weighted by Crippen LogP contribution is 2.24. The summed E-state index contributed by atoms with van der Waals surface area (Å²) >= 11 is 0. The van der Waals surface area contributed by atoms with Crippen LogP contribution in [0.3, 0.4) is 0 Å². The second-order valence-corrected chi connectivity index (χ2v) is 6.32. The van der Waals surface area contributed by atoms with E-state index in [1.54, 1.807) is 0 Å². The summed E-state index contributed by atoms with van der Waals surface area (Å²) in [6.07, 6.45) is 4.38. The van der Waals surface area contributed by atoms with Gasteiger partial charge < -0.3 is 15.1 Å². The van der Waals surface area contributed by atoms with Crippen LogP contribution in [0.4, 0.5) is 13.6 Å². The van der Waals surface area contributed by atoms with Gasteiger partial charge in [-0.2, -0.15) is 0 Å². The Morgan fingerprint density at radius 1 is 1.21 bits per heavy atom. The topological polar surface area (TPSA) is 52.7 Å². The lowest BCUT2D eigenvalue weighted by Crippen LogP contribution is -2.56. The number of halogens is 2. The lowest BCUT2D eigenvalue weighted by atomic mass is 10.1. The zero-order chi connectivity index (χ0) is 17.1. The van der Waals surface area contributed by atoms with Gasteiger partial charge in [0.2, 0.25) is 5.91 Å². The van der Waals surface area contributed by atoms with E-state index in [1.165, 1.54) is 17.0 Å². The summed E-state index contributed by atoms with van der Waals surface area (Å²) in [4.78, 5) is 27.7. The van der Waals surface area contributed by atoms with Crippen LogP contribution in [0.5, 0.6) is 0 Å². The SMILES string of the molecule is O=C(NCc1cccc(F)c1F)N1CCN(C2CCCC2)C(=O)C1. The van der Waals surface area contributed by atoms with Gasteiger partial charge in [0.05, 0.1) is 0 Å². The molecule has 1 saturated heterocycles. The molecule has 5 nitrogen and oxygen atoms in total. The van der Waals surface area contributed by atoms with Crippen LogP contribution in [-0.2, 0) is 11.3 Å². The van der Waals surface area contributed by atoms with E-state index in [-0.39, 0.29) is 24.6 Å². The number of carbonyl (C=O) groups is 2. The van der Waals surface area contributed by atoms with Crippen LogP contribution in [0.15, 0.2) is 18.2 Å². The van der Waals surface area contributed by atoms with Crippen molar-refractivity contribution in [2.45, 2.75) is 38.3 Å². The van der Waals surface area contributed by atoms with Gasteiger partial charge >= 0.3 is 6.03 Å². The molecule has 0 atom stereocenters. The molecule has 2 fully saturated rings. The first-order valence-corrected chi connectivity index (χ1v) is 8.31. The molecule has 0 radical (unpaired) electrons. The van der Waals surface area contributed by atoms with Crippen molar-refractivity contribution in [2.75, 3.05) is 19.6 Å². The molecule has 7 heteroatoms. The van der Waals surface area contributed by atoms with E-state index in [4.69, 9.17) is 0 Å². The molecule has 1 aliphatic heterocycles. The van der Waals surface area contributed by atoms with Gasteiger partial charge in [-0.25, -0.2) is 13.6 Å². The predicted octanol–water partition coefficient (Wildman–Crippen LogP) is 2.26.